The summed E-state index contributed by atoms with van der Waals surface area (Å²) in [5, 5.41) is 12.0. The van der Waals surface area contributed by atoms with E-state index in [-0.39, 0.29) is 23.8 Å². The van der Waals surface area contributed by atoms with Crippen LogP contribution in [0.3, 0.4) is 0 Å². The van der Waals surface area contributed by atoms with Gasteiger partial charge in [0.05, 0.1) is 6.04 Å². The molecule has 0 saturated carbocycles. The van der Waals surface area contributed by atoms with Crippen molar-refractivity contribution < 1.29 is 14.4 Å². The number of hydrazine groups is 1. The first-order valence-electron chi connectivity index (χ1n) is 16.1. The van der Waals surface area contributed by atoms with Gasteiger partial charge in [-0.25, -0.2) is 10.0 Å². The van der Waals surface area contributed by atoms with Crippen LogP contribution >= 0.6 is 11.6 Å². The van der Waals surface area contributed by atoms with Gasteiger partial charge in [0, 0.05) is 76.8 Å². The third-order valence-electron chi connectivity index (χ3n) is 9.18. The molecule has 9 nitrogen and oxygen atoms in total. The Labute approximate surface area is 266 Å². The number of benzene rings is 2. The highest BCUT2D eigenvalue weighted by molar-refractivity contribution is 6.30. The second kappa shape index (κ2) is 14.9. The number of nitrogens with zero attached hydrogens (tertiary/aromatic N) is 4. The highest BCUT2D eigenvalue weighted by Gasteiger charge is 2.35. The van der Waals surface area contributed by atoms with E-state index in [0.29, 0.717) is 49.5 Å². The summed E-state index contributed by atoms with van der Waals surface area (Å²) < 4.78 is 0. The largest absolute Gasteiger partial charge is 0.343 e. The maximum atomic E-state index is 14.0. The highest BCUT2D eigenvalue weighted by atomic mass is 35.5. The number of fused-ring (bicyclic) bond motifs is 1. The number of carbonyl (C=O) groups excluding carboxylic acids is 3. The van der Waals surface area contributed by atoms with Crippen LogP contribution in [-0.4, -0.2) is 101 Å². The monoisotopic (exact) mass is 622 g/mol. The summed E-state index contributed by atoms with van der Waals surface area (Å²) in [4.78, 5) is 43.3. The second-order valence-electron chi connectivity index (χ2n) is 12.8. The Balaban J connectivity index is 1.24. The summed E-state index contributed by atoms with van der Waals surface area (Å²) >= 11 is 6.13. The number of nitrogens with one attached hydrogen (secondary N) is 2. The Morgan fingerprint density at radius 1 is 0.932 bits per heavy atom. The quantitative estimate of drug-likeness (QED) is 0.447. The molecule has 0 aromatic heterocycles. The van der Waals surface area contributed by atoms with E-state index in [9.17, 15) is 14.4 Å². The fraction of sp³-hybridized carbons (Fsp3) is 0.559. The van der Waals surface area contributed by atoms with E-state index in [1.807, 2.05) is 46.2 Å². The first-order chi connectivity index (χ1) is 21.2. The molecule has 44 heavy (non-hydrogen) atoms. The first-order valence-corrected chi connectivity index (χ1v) is 16.5. The molecule has 2 atom stereocenters. The van der Waals surface area contributed by atoms with Gasteiger partial charge in [-0.1, -0.05) is 61.8 Å². The molecule has 0 aliphatic carbocycles. The molecule has 10 heteroatoms. The number of likely N-dealkylation sites (tertiary alicyclic amines) is 1. The lowest BCUT2D eigenvalue weighted by Crippen LogP contribution is -2.62. The third-order valence-corrected chi connectivity index (χ3v) is 9.43. The van der Waals surface area contributed by atoms with Crippen LogP contribution in [0.5, 0.6) is 0 Å². The van der Waals surface area contributed by atoms with Gasteiger partial charge in [-0.05, 0) is 54.0 Å². The minimum atomic E-state index is -0.670. The number of piperazine rings is 1. The van der Waals surface area contributed by atoms with Gasteiger partial charge >= 0.3 is 0 Å². The number of piperidine rings is 1. The van der Waals surface area contributed by atoms with Crippen molar-refractivity contribution in [2.75, 3.05) is 45.8 Å². The van der Waals surface area contributed by atoms with Gasteiger partial charge in [0.2, 0.25) is 17.7 Å². The summed E-state index contributed by atoms with van der Waals surface area (Å²) in [5.74, 6) is 0.454. The smallest absolute Gasteiger partial charge is 0.245 e. The summed E-state index contributed by atoms with van der Waals surface area (Å²) in [6.07, 6.45) is 2.92. The molecule has 0 unspecified atom stereocenters. The minimum absolute atomic E-state index is 0.0469. The molecule has 3 amide bonds. The van der Waals surface area contributed by atoms with Crippen LogP contribution in [-0.2, 0) is 33.8 Å². The van der Waals surface area contributed by atoms with Crippen LogP contribution in [0.1, 0.15) is 50.3 Å². The molecular weight excluding hydrogens is 576 g/mol. The molecule has 3 heterocycles. The van der Waals surface area contributed by atoms with Gasteiger partial charge in [0.1, 0.15) is 6.04 Å². The van der Waals surface area contributed by atoms with Crippen molar-refractivity contribution in [2.24, 2.45) is 5.92 Å². The van der Waals surface area contributed by atoms with Crippen molar-refractivity contribution in [3.8, 4) is 0 Å². The van der Waals surface area contributed by atoms with Gasteiger partial charge in [-0.3, -0.25) is 14.4 Å². The molecule has 5 rings (SSSR count). The average molecular weight is 623 g/mol. The molecule has 238 valence electrons. The molecule has 3 aliphatic rings. The van der Waals surface area contributed by atoms with Crippen LogP contribution < -0.4 is 10.6 Å². The van der Waals surface area contributed by atoms with E-state index < -0.39 is 6.04 Å². The third kappa shape index (κ3) is 8.18. The standard InChI is InChI=1S/C34H47ClN6O3/c1-24(2)23-41(30-12-14-38(15-13-30)25(3)42)40-18-16-39(17-19-40)34(44)32(20-26-8-10-29(35)11-9-26)37-33(43)31-21-27-6-4-5-7-28(27)22-36-31/h4-11,24,30-32,36H,12-23H2,1-3H3,(H,37,43)/t31-,32-/m1/s1. The number of rotatable bonds is 9. The van der Waals surface area contributed by atoms with Gasteiger partial charge in [-0.15, -0.1) is 0 Å². The van der Waals surface area contributed by atoms with Crippen molar-refractivity contribution >= 4 is 29.3 Å². The summed E-state index contributed by atoms with van der Waals surface area (Å²) in [5.41, 5.74) is 3.33. The van der Waals surface area contributed by atoms with E-state index in [0.717, 1.165) is 51.1 Å². The Kier molecular flexibility index (Phi) is 11.0. The lowest BCUT2D eigenvalue weighted by atomic mass is 9.95. The first kappa shape index (κ1) is 32.4. The van der Waals surface area contributed by atoms with Crippen molar-refractivity contribution in [1.29, 1.82) is 0 Å². The molecule has 2 aromatic carbocycles. The zero-order valence-electron chi connectivity index (χ0n) is 26.3. The van der Waals surface area contributed by atoms with Gasteiger partial charge in [0.15, 0.2) is 0 Å². The normalized spacial score (nSPS) is 20.5. The predicted octanol–water partition coefficient (Wildman–Crippen LogP) is 3.11. The van der Waals surface area contributed by atoms with E-state index in [2.05, 4.69) is 46.6 Å². The number of hydrogen-bond acceptors (Lipinski definition) is 6. The van der Waals surface area contributed by atoms with E-state index in [1.165, 1.54) is 11.1 Å². The molecule has 0 radical (unpaired) electrons. The van der Waals surface area contributed by atoms with Crippen LogP contribution in [0.2, 0.25) is 5.02 Å². The molecule has 0 bridgehead atoms. The molecule has 2 aromatic rings. The van der Waals surface area contributed by atoms with Crippen molar-refractivity contribution in [1.82, 2.24) is 30.5 Å². The zero-order valence-corrected chi connectivity index (χ0v) is 27.1. The molecular formula is C34H47ClN6O3. The van der Waals surface area contributed by atoms with Gasteiger partial charge < -0.3 is 20.4 Å². The Morgan fingerprint density at radius 3 is 2.23 bits per heavy atom. The predicted molar refractivity (Wildman–Crippen MR) is 173 cm³/mol. The van der Waals surface area contributed by atoms with Crippen molar-refractivity contribution in [3.05, 3.63) is 70.2 Å². The summed E-state index contributed by atoms with van der Waals surface area (Å²) in [7, 11) is 0. The second-order valence-corrected chi connectivity index (χ2v) is 13.3. The van der Waals surface area contributed by atoms with Gasteiger partial charge in [-0.2, -0.15) is 0 Å². The fourth-order valence-corrected chi connectivity index (χ4v) is 6.84. The average Bonchev–Trinajstić information content (AvgIpc) is 3.03. The molecule has 2 N–H and O–H groups in total. The Morgan fingerprint density at radius 2 is 1.59 bits per heavy atom. The van der Waals surface area contributed by atoms with Gasteiger partial charge in [0.25, 0.3) is 0 Å². The van der Waals surface area contributed by atoms with Crippen LogP contribution in [0, 0.1) is 5.92 Å². The molecule has 0 spiro atoms. The van der Waals surface area contributed by atoms with Crippen molar-refractivity contribution in [2.45, 2.75) is 71.1 Å². The lowest BCUT2D eigenvalue weighted by molar-refractivity contribution is -0.146. The maximum Gasteiger partial charge on any atom is 0.245 e. The number of halogens is 1. The van der Waals surface area contributed by atoms with E-state index in [4.69, 9.17) is 11.6 Å². The number of hydrogen-bond donors (Lipinski definition) is 2. The maximum absolute atomic E-state index is 14.0. The summed E-state index contributed by atoms with van der Waals surface area (Å²) in [6.45, 7) is 12.0. The molecule has 3 aliphatic heterocycles. The summed E-state index contributed by atoms with van der Waals surface area (Å²) in [6, 6.07) is 15.0. The fourth-order valence-electron chi connectivity index (χ4n) is 6.71. The highest BCUT2D eigenvalue weighted by Crippen LogP contribution is 2.22. The topological polar surface area (TPSA) is 88.2 Å². The zero-order chi connectivity index (χ0) is 31.2. The van der Waals surface area contributed by atoms with E-state index in [1.54, 1.807) is 6.92 Å². The molecule has 2 fully saturated rings. The van der Waals surface area contributed by atoms with Crippen molar-refractivity contribution in [3.63, 3.8) is 0 Å². The Hall–Kier alpha value is -2.98. The number of amides is 3. The van der Waals surface area contributed by atoms with Crippen LogP contribution in [0.15, 0.2) is 48.5 Å². The lowest BCUT2D eigenvalue weighted by Gasteiger charge is -2.47. The Bertz CT molecular complexity index is 1290. The minimum Gasteiger partial charge on any atom is -0.343 e. The SMILES string of the molecule is CC(=O)N1CCC(N(CC(C)C)N2CCN(C(=O)[C@@H](Cc3ccc(Cl)cc3)NC(=O)[C@H]3Cc4ccccc4CN3)CC2)CC1. The van der Waals surface area contributed by atoms with Crippen LogP contribution in [0.25, 0.3) is 0 Å². The molecule has 2 saturated heterocycles. The van der Waals surface area contributed by atoms with E-state index >= 15 is 0 Å². The number of carbonyl (C=O) groups is 3. The van der Waals surface area contributed by atoms with Crippen LogP contribution in [0.4, 0.5) is 0 Å².